The van der Waals surface area contributed by atoms with E-state index in [1.165, 1.54) is 18.2 Å². The number of para-hydroxylation sites is 1. The molecule has 0 spiro atoms. The Morgan fingerprint density at radius 1 is 1.16 bits per heavy atom. The summed E-state index contributed by atoms with van der Waals surface area (Å²) in [5, 5.41) is 5.69. The van der Waals surface area contributed by atoms with Crippen molar-refractivity contribution >= 4 is 44.8 Å². The Morgan fingerprint density at radius 3 is 2.56 bits per heavy atom. The number of benzene rings is 2. The quantitative estimate of drug-likeness (QED) is 0.661. The summed E-state index contributed by atoms with van der Waals surface area (Å²) < 4.78 is 42.4. The minimum atomic E-state index is -4.46. The van der Waals surface area contributed by atoms with Gasteiger partial charge in [-0.25, -0.2) is 0 Å². The average molecular weight is 438 g/mol. The molecule has 0 atom stereocenters. The number of rotatable bonds is 6. The molecule has 0 saturated heterocycles. The third-order valence-corrected chi connectivity index (χ3v) is 3.85. The third kappa shape index (κ3) is 6.47. The van der Waals surface area contributed by atoms with Crippen LogP contribution in [0.5, 0.6) is 5.75 Å². The molecule has 2 rings (SSSR count). The first-order valence-corrected chi connectivity index (χ1v) is 8.19. The molecule has 0 fully saturated rings. The van der Waals surface area contributed by atoms with E-state index < -0.39 is 12.8 Å². The van der Waals surface area contributed by atoms with Crippen molar-refractivity contribution in [1.82, 2.24) is 0 Å². The van der Waals surface area contributed by atoms with E-state index in [2.05, 4.69) is 26.6 Å². The lowest BCUT2D eigenvalue weighted by atomic mass is 10.3. The van der Waals surface area contributed by atoms with Crippen LogP contribution >= 0.6 is 27.5 Å². The molecule has 0 aliphatic rings. The summed E-state index contributed by atoms with van der Waals surface area (Å²) in [6.45, 7) is -1.61. The molecule has 0 bridgehead atoms. The maximum atomic E-state index is 12.3. The molecule has 25 heavy (non-hydrogen) atoms. The van der Waals surface area contributed by atoms with E-state index in [-0.39, 0.29) is 23.9 Å². The summed E-state index contributed by atoms with van der Waals surface area (Å²) in [6.07, 6.45) is -4.46. The average Bonchev–Trinajstić information content (AvgIpc) is 2.53. The van der Waals surface area contributed by atoms with E-state index in [0.717, 1.165) is 0 Å². The number of alkyl halides is 3. The van der Waals surface area contributed by atoms with E-state index in [1.54, 1.807) is 24.3 Å². The summed E-state index contributed by atoms with van der Waals surface area (Å²) in [6, 6.07) is 11.1. The van der Waals surface area contributed by atoms with Gasteiger partial charge in [0.05, 0.1) is 17.9 Å². The normalized spacial score (nSPS) is 11.1. The number of amides is 1. The molecule has 9 heteroatoms. The van der Waals surface area contributed by atoms with Gasteiger partial charge in [0, 0.05) is 9.50 Å². The molecule has 0 aromatic heterocycles. The number of ether oxygens (including phenoxy) is 1. The monoisotopic (exact) mass is 436 g/mol. The zero-order valence-electron chi connectivity index (χ0n) is 12.7. The molecule has 2 N–H and O–H groups in total. The zero-order valence-corrected chi connectivity index (χ0v) is 15.0. The topological polar surface area (TPSA) is 50.4 Å². The highest BCUT2D eigenvalue weighted by molar-refractivity contribution is 9.10. The van der Waals surface area contributed by atoms with Gasteiger partial charge >= 0.3 is 6.18 Å². The summed E-state index contributed by atoms with van der Waals surface area (Å²) in [5.41, 5.74) is 0.771. The highest BCUT2D eigenvalue weighted by Crippen LogP contribution is 2.29. The summed E-state index contributed by atoms with van der Waals surface area (Å²) in [4.78, 5) is 12.0. The van der Waals surface area contributed by atoms with E-state index in [0.29, 0.717) is 15.2 Å². The molecule has 0 unspecified atom stereocenters. The Labute approximate surface area is 155 Å². The number of carbonyl (C=O) groups excluding carboxylic acids is 1. The minimum Gasteiger partial charge on any atom is -0.482 e. The van der Waals surface area contributed by atoms with E-state index in [4.69, 9.17) is 16.3 Å². The van der Waals surface area contributed by atoms with Crippen LogP contribution in [0.3, 0.4) is 0 Å². The Hall–Kier alpha value is -1.93. The van der Waals surface area contributed by atoms with E-state index >= 15 is 0 Å². The highest BCUT2D eigenvalue weighted by Gasteiger charge is 2.28. The second-order valence-electron chi connectivity index (χ2n) is 4.93. The van der Waals surface area contributed by atoms with Gasteiger partial charge in [0.1, 0.15) is 5.75 Å². The van der Waals surface area contributed by atoms with Gasteiger partial charge in [-0.05, 0) is 46.3 Å². The maximum absolute atomic E-state index is 12.3. The number of halogens is 5. The van der Waals surface area contributed by atoms with Crippen LogP contribution in [0.15, 0.2) is 46.9 Å². The number of anilines is 2. The number of nitrogens with one attached hydrogen (secondary N) is 2. The first kappa shape index (κ1) is 19.4. The predicted molar refractivity (Wildman–Crippen MR) is 94.3 cm³/mol. The fourth-order valence-corrected chi connectivity index (χ4v) is 2.41. The zero-order chi connectivity index (χ0) is 18.4. The largest absolute Gasteiger partial charge is 0.482 e. The molecule has 0 heterocycles. The molecule has 2 aromatic rings. The number of hydrogen-bond donors (Lipinski definition) is 2. The van der Waals surface area contributed by atoms with Gasteiger partial charge in [-0.3, -0.25) is 4.79 Å². The number of hydrogen-bond acceptors (Lipinski definition) is 3. The first-order valence-electron chi connectivity index (χ1n) is 7.02. The second kappa shape index (κ2) is 8.44. The van der Waals surface area contributed by atoms with Gasteiger partial charge in [-0.1, -0.05) is 23.7 Å². The Morgan fingerprint density at radius 2 is 1.88 bits per heavy atom. The molecule has 4 nitrogen and oxygen atoms in total. The van der Waals surface area contributed by atoms with Crippen LogP contribution in [0.1, 0.15) is 0 Å². The Balaban J connectivity index is 2.00. The minimum absolute atomic E-state index is 0.0459. The molecule has 0 aliphatic heterocycles. The van der Waals surface area contributed by atoms with Gasteiger partial charge in [0.25, 0.3) is 0 Å². The predicted octanol–water partition coefficient (Wildman–Crippen LogP) is 5.09. The van der Waals surface area contributed by atoms with Crippen molar-refractivity contribution in [2.75, 3.05) is 23.8 Å². The van der Waals surface area contributed by atoms with E-state index in [9.17, 15) is 18.0 Å². The van der Waals surface area contributed by atoms with Gasteiger partial charge in [-0.2, -0.15) is 13.2 Å². The highest BCUT2D eigenvalue weighted by atomic mass is 79.9. The Kier molecular flexibility index (Phi) is 6.55. The van der Waals surface area contributed by atoms with Crippen LogP contribution in [-0.2, 0) is 4.79 Å². The van der Waals surface area contributed by atoms with Crippen molar-refractivity contribution in [2.24, 2.45) is 0 Å². The molecule has 1 amide bonds. The smallest absolute Gasteiger partial charge is 0.422 e. The molecular weight excluding hydrogens is 425 g/mol. The van der Waals surface area contributed by atoms with Crippen molar-refractivity contribution in [2.45, 2.75) is 6.18 Å². The summed E-state index contributed by atoms with van der Waals surface area (Å²) in [7, 11) is 0. The Bertz CT molecular complexity index is 756. The van der Waals surface area contributed by atoms with Gasteiger partial charge in [0.2, 0.25) is 5.91 Å². The summed E-state index contributed by atoms with van der Waals surface area (Å²) in [5.74, 6) is -0.427. The van der Waals surface area contributed by atoms with Gasteiger partial charge in [0.15, 0.2) is 6.61 Å². The third-order valence-electron chi connectivity index (χ3n) is 2.92. The fraction of sp³-hybridized carbons (Fsp3) is 0.188. The molecule has 0 aliphatic carbocycles. The van der Waals surface area contributed by atoms with Crippen LogP contribution in [-0.4, -0.2) is 25.2 Å². The molecule has 134 valence electrons. The molecule has 2 aromatic carbocycles. The maximum Gasteiger partial charge on any atom is 0.422 e. The first-order chi connectivity index (χ1) is 11.7. The van der Waals surface area contributed by atoms with Crippen LogP contribution in [0.2, 0.25) is 5.02 Å². The number of carbonyl (C=O) groups is 1. The van der Waals surface area contributed by atoms with Crippen molar-refractivity contribution in [1.29, 1.82) is 0 Å². The van der Waals surface area contributed by atoms with Gasteiger partial charge < -0.3 is 15.4 Å². The van der Waals surface area contributed by atoms with Crippen LogP contribution in [0.4, 0.5) is 24.5 Å². The molecule has 0 radical (unpaired) electrons. The van der Waals surface area contributed by atoms with Gasteiger partial charge in [-0.15, -0.1) is 0 Å². The fourth-order valence-electron chi connectivity index (χ4n) is 1.86. The van der Waals surface area contributed by atoms with Crippen LogP contribution in [0, 0.1) is 0 Å². The standard InChI is InChI=1S/C16H13BrClF3N2O2/c17-11-3-1-2-4-12(11)23-15(24)8-22-13-7-10(18)5-6-14(13)25-9-16(19,20)21/h1-7,22H,8-9H2,(H,23,24). The summed E-state index contributed by atoms with van der Waals surface area (Å²) >= 11 is 9.15. The van der Waals surface area contributed by atoms with Crippen molar-refractivity contribution in [3.8, 4) is 5.75 Å². The van der Waals surface area contributed by atoms with Crippen LogP contribution < -0.4 is 15.4 Å². The van der Waals surface area contributed by atoms with Crippen molar-refractivity contribution < 1.29 is 22.7 Å². The second-order valence-corrected chi connectivity index (χ2v) is 6.22. The SMILES string of the molecule is O=C(CNc1cc(Cl)ccc1OCC(F)(F)F)Nc1ccccc1Br. The lowest BCUT2D eigenvalue weighted by molar-refractivity contribution is -0.153. The molecule has 0 saturated carbocycles. The molecular formula is C16H13BrClF3N2O2. The van der Waals surface area contributed by atoms with Crippen LogP contribution in [0.25, 0.3) is 0 Å². The van der Waals surface area contributed by atoms with Crippen molar-refractivity contribution in [3.05, 3.63) is 52.0 Å². The van der Waals surface area contributed by atoms with Crippen molar-refractivity contribution in [3.63, 3.8) is 0 Å². The lowest BCUT2D eigenvalue weighted by Crippen LogP contribution is -2.23. The van der Waals surface area contributed by atoms with E-state index in [1.807, 2.05) is 0 Å². The lowest BCUT2D eigenvalue weighted by Gasteiger charge is -2.15.